The van der Waals surface area contributed by atoms with Gasteiger partial charge in [0, 0.05) is 10.9 Å². The Kier molecular flexibility index (Phi) is 4.64. The first-order valence-electron chi connectivity index (χ1n) is 6.60. The molecule has 3 nitrogen and oxygen atoms in total. The summed E-state index contributed by atoms with van der Waals surface area (Å²) in [6.45, 7) is 2.08. The van der Waals surface area contributed by atoms with Crippen molar-refractivity contribution in [3.63, 3.8) is 0 Å². The molecule has 0 bridgehead atoms. The number of carbonyl (C=O) groups is 1. The number of aromatic carboxylic acids is 1. The molecule has 0 unspecified atom stereocenters. The lowest BCUT2D eigenvalue weighted by Gasteiger charge is -2.10. The van der Waals surface area contributed by atoms with Crippen LogP contribution in [0.25, 0.3) is 0 Å². The lowest BCUT2D eigenvalue weighted by Crippen LogP contribution is -2.03. The van der Waals surface area contributed by atoms with Crippen molar-refractivity contribution in [2.45, 2.75) is 55.7 Å². The fourth-order valence-corrected chi connectivity index (χ4v) is 3.58. The van der Waals surface area contributed by atoms with Gasteiger partial charge in [0.25, 0.3) is 0 Å². The lowest BCUT2D eigenvalue weighted by atomic mass is 10.2. The van der Waals surface area contributed by atoms with E-state index in [1.165, 1.54) is 25.7 Å². The maximum absolute atomic E-state index is 11.1. The summed E-state index contributed by atoms with van der Waals surface area (Å²) >= 11 is 1.75. The number of hydrogen-bond donors (Lipinski definition) is 1. The summed E-state index contributed by atoms with van der Waals surface area (Å²) in [6.07, 6.45) is 6.87. The molecule has 1 saturated carbocycles. The summed E-state index contributed by atoms with van der Waals surface area (Å²) in [5, 5.41) is 10.6. The highest BCUT2D eigenvalue weighted by atomic mass is 32.2. The minimum Gasteiger partial charge on any atom is -0.478 e. The molecule has 1 aromatic heterocycles. The van der Waals surface area contributed by atoms with Gasteiger partial charge in [-0.3, -0.25) is 0 Å². The number of carboxylic acids is 1. The molecule has 0 aliphatic heterocycles. The molecule has 1 aromatic rings. The molecular formula is C14H19NO2S. The van der Waals surface area contributed by atoms with Crippen molar-refractivity contribution in [2.24, 2.45) is 0 Å². The molecule has 0 spiro atoms. The van der Waals surface area contributed by atoms with Crippen LogP contribution >= 0.6 is 11.8 Å². The summed E-state index contributed by atoms with van der Waals surface area (Å²) in [5.41, 5.74) is 1.27. The summed E-state index contributed by atoms with van der Waals surface area (Å²) in [6, 6.07) is 3.41. The Balaban J connectivity index is 2.18. The number of carboxylic acid groups (broad SMARTS) is 1. The molecule has 98 valence electrons. The van der Waals surface area contributed by atoms with E-state index in [0.29, 0.717) is 10.8 Å². The highest BCUT2D eigenvalue weighted by Gasteiger charge is 2.18. The second kappa shape index (κ2) is 6.23. The van der Waals surface area contributed by atoms with Crippen LogP contribution in [0.1, 0.15) is 55.1 Å². The third-order valence-corrected chi connectivity index (χ3v) is 4.45. The van der Waals surface area contributed by atoms with E-state index in [-0.39, 0.29) is 0 Å². The van der Waals surface area contributed by atoms with Gasteiger partial charge in [-0.2, -0.15) is 0 Å². The number of nitrogens with zero attached hydrogens (tertiary/aromatic N) is 1. The van der Waals surface area contributed by atoms with Crippen LogP contribution in [0.5, 0.6) is 0 Å². The van der Waals surface area contributed by atoms with E-state index < -0.39 is 5.97 Å². The minimum absolute atomic E-state index is 0.369. The van der Waals surface area contributed by atoms with Gasteiger partial charge in [-0.1, -0.05) is 26.2 Å². The van der Waals surface area contributed by atoms with Crippen molar-refractivity contribution in [3.8, 4) is 0 Å². The third kappa shape index (κ3) is 3.48. The van der Waals surface area contributed by atoms with Crippen LogP contribution in [-0.2, 0) is 6.42 Å². The predicted molar refractivity (Wildman–Crippen MR) is 73.3 cm³/mol. The van der Waals surface area contributed by atoms with Gasteiger partial charge in [-0.15, -0.1) is 11.8 Å². The largest absolute Gasteiger partial charge is 0.478 e. The quantitative estimate of drug-likeness (QED) is 0.880. The Hall–Kier alpha value is -1.03. The maximum Gasteiger partial charge on any atom is 0.335 e. The first-order chi connectivity index (χ1) is 8.69. The molecular weight excluding hydrogens is 246 g/mol. The maximum atomic E-state index is 11.1. The number of thioether (sulfide) groups is 1. The Morgan fingerprint density at radius 3 is 2.78 bits per heavy atom. The first-order valence-corrected chi connectivity index (χ1v) is 7.48. The van der Waals surface area contributed by atoms with Gasteiger partial charge in [-0.05, 0) is 31.4 Å². The van der Waals surface area contributed by atoms with Gasteiger partial charge in [0.15, 0.2) is 0 Å². The molecule has 1 aliphatic carbocycles. The van der Waals surface area contributed by atoms with Crippen molar-refractivity contribution in [1.29, 1.82) is 0 Å². The van der Waals surface area contributed by atoms with Crippen molar-refractivity contribution < 1.29 is 9.90 Å². The SMILES string of the molecule is CCCc1cc(C(=O)O)cc(SC2CCCC2)n1. The Morgan fingerprint density at radius 1 is 1.44 bits per heavy atom. The molecule has 18 heavy (non-hydrogen) atoms. The zero-order chi connectivity index (χ0) is 13.0. The number of rotatable bonds is 5. The van der Waals surface area contributed by atoms with Gasteiger partial charge >= 0.3 is 5.97 Å². The van der Waals surface area contributed by atoms with Gasteiger partial charge in [0.2, 0.25) is 0 Å². The summed E-state index contributed by atoms with van der Waals surface area (Å²) in [7, 11) is 0. The second-order valence-corrected chi connectivity index (χ2v) is 6.09. The van der Waals surface area contributed by atoms with E-state index in [2.05, 4.69) is 11.9 Å². The zero-order valence-corrected chi connectivity index (χ0v) is 11.5. The average molecular weight is 265 g/mol. The van der Waals surface area contributed by atoms with Crippen LogP contribution in [-0.4, -0.2) is 21.3 Å². The van der Waals surface area contributed by atoms with Crippen molar-refractivity contribution in [1.82, 2.24) is 4.98 Å². The second-order valence-electron chi connectivity index (χ2n) is 4.76. The topological polar surface area (TPSA) is 50.2 Å². The van der Waals surface area contributed by atoms with Crippen LogP contribution < -0.4 is 0 Å². The van der Waals surface area contributed by atoms with Crippen molar-refractivity contribution in [3.05, 3.63) is 23.4 Å². The highest BCUT2D eigenvalue weighted by Crippen LogP contribution is 2.34. The van der Waals surface area contributed by atoms with Crippen molar-refractivity contribution in [2.75, 3.05) is 0 Å². The third-order valence-electron chi connectivity index (χ3n) is 3.20. The predicted octanol–water partition coefficient (Wildman–Crippen LogP) is 3.77. The molecule has 1 N–H and O–H groups in total. The zero-order valence-electron chi connectivity index (χ0n) is 10.7. The lowest BCUT2D eigenvalue weighted by molar-refractivity contribution is 0.0696. The number of pyridine rings is 1. The van der Waals surface area contributed by atoms with E-state index in [0.717, 1.165) is 23.6 Å². The van der Waals surface area contributed by atoms with E-state index in [9.17, 15) is 4.79 Å². The molecule has 1 heterocycles. The summed E-state index contributed by atoms with van der Waals surface area (Å²) in [4.78, 5) is 15.7. The van der Waals surface area contributed by atoms with Crippen LogP contribution in [0, 0.1) is 0 Å². The van der Waals surface area contributed by atoms with Crippen LogP contribution in [0.2, 0.25) is 0 Å². The number of aryl methyl sites for hydroxylation is 1. The van der Waals surface area contributed by atoms with Crippen molar-refractivity contribution >= 4 is 17.7 Å². The Labute approximate surface area is 112 Å². The molecule has 1 aliphatic rings. The van der Waals surface area contributed by atoms with Gasteiger partial charge < -0.3 is 5.11 Å². The fraction of sp³-hybridized carbons (Fsp3) is 0.571. The van der Waals surface area contributed by atoms with E-state index in [4.69, 9.17) is 5.11 Å². The molecule has 1 fully saturated rings. The molecule has 0 amide bonds. The standard InChI is InChI=1S/C14H19NO2S/c1-2-5-11-8-10(14(16)17)9-13(15-11)18-12-6-3-4-7-12/h8-9,12H,2-7H2,1H3,(H,16,17). The Morgan fingerprint density at radius 2 is 2.17 bits per heavy atom. The smallest absolute Gasteiger partial charge is 0.335 e. The van der Waals surface area contributed by atoms with Crippen LogP contribution in [0.4, 0.5) is 0 Å². The monoisotopic (exact) mass is 265 g/mol. The Bertz CT molecular complexity index is 428. The van der Waals surface area contributed by atoms with Gasteiger partial charge in [-0.25, -0.2) is 9.78 Å². The molecule has 0 saturated heterocycles. The first kappa shape index (κ1) is 13.4. The van der Waals surface area contributed by atoms with E-state index >= 15 is 0 Å². The summed E-state index contributed by atoms with van der Waals surface area (Å²) in [5.74, 6) is -0.858. The van der Waals surface area contributed by atoms with Crippen LogP contribution in [0.15, 0.2) is 17.2 Å². The minimum atomic E-state index is -0.858. The van der Waals surface area contributed by atoms with E-state index in [1.807, 2.05) is 0 Å². The van der Waals surface area contributed by atoms with Crippen LogP contribution in [0.3, 0.4) is 0 Å². The normalized spacial score (nSPS) is 16.1. The average Bonchev–Trinajstić information content (AvgIpc) is 2.82. The summed E-state index contributed by atoms with van der Waals surface area (Å²) < 4.78 is 0. The number of aromatic nitrogens is 1. The van der Waals surface area contributed by atoms with Gasteiger partial charge in [0.05, 0.1) is 10.6 Å². The van der Waals surface area contributed by atoms with E-state index in [1.54, 1.807) is 23.9 Å². The fourth-order valence-electron chi connectivity index (χ4n) is 2.31. The molecule has 4 heteroatoms. The highest BCUT2D eigenvalue weighted by molar-refractivity contribution is 7.99. The molecule has 0 atom stereocenters. The molecule has 2 rings (SSSR count). The van der Waals surface area contributed by atoms with Gasteiger partial charge in [0.1, 0.15) is 0 Å². The molecule has 0 radical (unpaired) electrons. The number of hydrogen-bond acceptors (Lipinski definition) is 3. The molecule has 0 aromatic carbocycles.